The maximum atomic E-state index is 8.78. The van der Waals surface area contributed by atoms with E-state index in [0.717, 1.165) is 12.8 Å². The molecule has 2 fully saturated rings. The number of hydrogen-bond acceptors (Lipinski definition) is 3. The van der Waals surface area contributed by atoms with Crippen LogP contribution >= 0.6 is 11.8 Å². The standard InChI is InChI=1S/C9H10N2S/c10-4-8-2-7-1-6(8)3-9(7)12-5-11/h6-9H,1-3H2. The molecule has 2 aliphatic rings. The zero-order valence-corrected chi connectivity index (χ0v) is 7.55. The van der Waals surface area contributed by atoms with Crippen molar-refractivity contribution in [2.24, 2.45) is 17.8 Å². The van der Waals surface area contributed by atoms with Gasteiger partial charge in [-0.05, 0) is 42.9 Å². The summed E-state index contributed by atoms with van der Waals surface area (Å²) < 4.78 is 0. The van der Waals surface area contributed by atoms with Gasteiger partial charge in [0.15, 0.2) is 0 Å². The first-order valence-electron chi connectivity index (χ1n) is 4.29. The van der Waals surface area contributed by atoms with Gasteiger partial charge in [-0.15, -0.1) is 0 Å². The fourth-order valence-corrected chi connectivity index (χ4v) is 3.49. The number of rotatable bonds is 1. The molecule has 2 nitrogen and oxygen atoms in total. The van der Waals surface area contributed by atoms with E-state index in [4.69, 9.17) is 10.5 Å². The summed E-state index contributed by atoms with van der Waals surface area (Å²) in [5, 5.41) is 20.0. The third-order valence-corrected chi connectivity index (χ3v) is 4.15. The van der Waals surface area contributed by atoms with E-state index in [1.54, 1.807) is 0 Å². The molecule has 0 amide bonds. The van der Waals surface area contributed by atoms with Crippen LogP contribution in [-0.4, -0.2) is 5.25 Å². The first-order valence-corrected chi connectivity index (χ1v) is 5.17. The minimum atomic E-state index is 0.297. The Balaban J connectivity index is 2.00. The van der Waals surface area contributed by atoms with Crippen LogP contribution in [0, 0.1) is 39.7 Å². The summed E-state index contributed by atoms with van der Waals surface area (Å²) in [5.41, 5.74) is 0. The molecule has 0 aliphatic heterocycles. The highest BCUT2D eigenvalue weighted by Crippen LogP contribution is 2.52. The Morgan fingerprint density at radius 3 is 2.42 bits per heavy atom. The molecule has 0 radical (unpaired) electrons. The molecule has 0 spiro atoms. The Hall–Kier alpha value is -0.670. The lowest BCUT2D eigenvalue weighted by molar-refractivity contribution is 0.411. The number of hydrogen-bond donors (Lipinski definition) is 0. The quantitative estimate of drug-likeness (QED) is 0.578. The fourth-order valence-electron chi connectivity index (χ4n) is 2.59. The van der Waals surface area contributed by atoms with Crippen LogP contribution in [0.25, 0.3) is 0 Å². The third kappa shape index (κ3) is 1.09. The largest absolute Gasteiger partial charge is 0.198 e. The smallest absolute Gasteiger partial charge is 0.133 e. The summed E-state index contributed by atoms with van der Waals surface area (Å²) in [6.45, 7) is 0. The number of nitriles is 2. The van der Waals surface area contributed by atoms with Crippen molar-refractivity contribution in [3.63, 3.8) is 0 Å². The molecule has 3 heteroatoms. The minimum Gasteiger partial charge on any atom is -0.198 e. The van der Waals surface area contributed by atoms with Crippen LogP contribution < -0.4 is 0 Å². The van der Waals surface area contributed by atoms with Crippen LogP contribution in [0.5, 0.6) is 0 Å². The van der Waals surface area contributed by atoms with Crippen molar-refractivity contribution in [3.05, 3.63) is 0 Å². The van der Waals surface area contributed by atoms with Crippen molar-refractivity contribution in [1.29, 1.82) is 10.5 Å². The Bertz CT molecular complexity index is 263. The maximum absolute atomic E-state index is 8.78. The number of thiocyanates is 1. The minimum absolute atomic E-state index is 0.297. The highest BCUT2D eigenvalue weighted by atomic mass is 32.2. The molecule has 12 heavy (non-hydrogen) atoms. The first-order chi connectivity index (χ1) is 5.85. The van der Waals surface area contributed by atoms with Crippen molar-refractivity contribution in [2.75, 3.05) is 0 Å². The number of fused-ring (bicyclic) bond motifs is 2. The zero-order chi connectivity index (χ0) is 8.55. The Morgan fingerprint density at radius 2 is 1.92 bits per heavy atom. The molecule has 0 N–H and O–H groups in total. The molecule has 62 valence electrons. The van der Waals surface area contributed by atoms with Crippen molar-refractivity contribution < 1.29 is 0 Å². The highest BCUT2D eigenvalue weighted by molar-refractivity contribution is 8.04. The monoisotopic (exact) mass is 178 g/mol. The molecular formula is C9H10N2S. The van der Waals surface area contributed by atoms with Gasteiger partial charge in [-0.25, -0.2) is 0 Å². The van der Waals surface area contributed by atoms with Crippen molar-refractivity contribution in [3.8, 4) is 11.5 Å². The molecule has 0 saturated heterocycles. The highest BCUT2D eigenvalue weighted by Gasteiger charge is 2.46. The van der Waals surface area contributed by atoms with Gasteiger partial charge < -0.3 is 0 Å². The summed E-state index contributed by atoms with van der Waals surface area (Å²) in [6.07, 6.45) is 3.33. The second-order valence-electron chi connectivity index (χ2n) is 3.71. The van der Waals surface area contributed by atoms with Crippen LogP contribution in [-0.2, 0) is 0 Å². The van der Waals surface area contributed by atoms with E-state index in [1.807, 2.05) is 0 Å². The molecule has 4 unspecified atom stereocenters. The Kier molecular flexibility index (Phi) is 1.98. The van der Waals surface area contributed by atoms with Crippen molar-refractivity contribution in [2.45, 2.75) is 24.5 Å². The predicted octanol–water partition coefficient (Wildman–Crippen LogP) is 2.14. The summed E-state index contributed by atoms with van der Waals surface area (Å²) in [4.78, 5) is 0. The molecule has 2 aliphatic carbocycles. The van der Waals surface area contributed by atoms with Gasteiger partial charge in [-0.3, -0.25) is 0 Å². The average Bonchev–Trinajstić information content (AvgIpc) is 2.62. The van der Waals surface area contributed by atoms with E-state index in [-0.39, 0.29) is 0 Å². The van der Waals surface area contributed by atoms with Gasteiger partial charge in [0.1, 0.15) is 5.40 Å². The van der Waals surface area contributed by atoms with Gasteiger partial charge in [-0.2, -0.15) is 10.5 Å². The molecule has 2 saturated carbocycles. The lowest BCUT2D eigenvalue weighted by Gasteiger charge is -2.20. The molecule has 2 bridgehead atoms. The van der Waals surface area contributed by atoms with Gasteiger partial charge in [0.2, 0.25) is 0 Å². The fraction of sp³-hybridized carbons (Fsp3) is 0.778. The van der Waals surface area contributed by atoms with Gasteiger partial charge in [0.25, 0.3) is 0 Å². The van der Waals surface area contributed by atoms with E-state index < -0.39 is 0 Å². The Labute approximate surface area is 76.6 Å². The van der Waals surface area contributed by atoms with Crippen LogP contribution in [0.2, 0.25) is 0 Å². The summed E-state index contributed by atoms with van der Waals surface area (Å²) >= 11 is 1.41. The van der Waals surface area contributed by atoms with E-state index in [0.29, 0.717) is 23.0 Å². The SMILES string of the molecule is N#CSC1CC2CC1CC2C#N. The van der Waals surface area contributed by atoms with Crippen LogP contribution in [0.1, 0.15) is 19.3 Å². The van der Waals surface area contributed by atoms with Crippen LogP contribution in [0.15, 0.2) is 0 Å². The van der Waals surface area contributed by atoms with E-state index in [1.165, 1.54) is 18.2 Å². The first kappa shape index (κ1) is 7.95. The average molecular weight is 178 g/mol. The maximum Gasteiger partial charge on any atom is 0.133 e. The second kappa shape index (κ2) is 2.99. The molecule has 2 rings (SSSR count). The predicted molar refractivity (Wildman–Crippen MR) is 46.9 cm³/mol. The second-order valence-corrected chi connectivity index (χ2v) is 4.73. The normalized spacial score (nSPS) is 43.8. The molecule has 0 aromatic heterocycles. The molecule has 0 aromatic carbocycles. The van der Waals surface area contributed by atoms with Gasteiger partial charge in [-0.1, -0.05) is 0 Å². The van der Waals surface area contributed by atoms with Crippen molar-refractivity contribution in [1.82, 2.24) is 0 Å². The topological polar surface area (TPSA) is 47.6 Å². The lowest BCUT2D eigenvalue weighted by atomic mass is 9.90. The van der Waals surface area contributed by atoms with Gasteiger partial charge >= 0.3 is 0 Å². The summed E-state index contributed by atoms with van der Waals surface area (Å²) in [7, 11) is 0. The third-order valence-electron chi connectivity index (χ3n) is 3.16. The number of thioether (sulfide) groups is 1. The lowest BCUT2D eigenvalue weighted by Crippen LogP contribution is -2.17. The summed E-state index contributed by atoms with van der Waals surface area (Å²) in [5.74, 6) is 1.56. The van der Waals surface area contributed by atoms with E-state index >= 15 is 0 Å². The number of nitrogens with zero attached hydrogens (tertiary/aromatic N) is 2. The summed E-state index contributed by atoms with van der Waals surface area (Å²) in [6, 6.07) is 2.37. The van der Waals surface area contributed by atoms with Gasteiger partial charge in [0.05, 0.1) is 6.07 Å². The molecule has 4 atom stereocenters. The van der Waals surface area contributed by atoms with Gasteiger partial charge in [0, 0.05) is 11.2 Å². The Morgan fingerprint density at radius 1 is 1.08 bits per heavy atom. The molecule has 0 aromatic rings. The van der Waals surface area contributed by atoms with Crippen molar-refractivity contribution >= 4 is 11.8 Å². The van der Waals surface area contributed by atoms with Crippen LogP contribution in [0.4, 0.5) is 0 Å². The van der Waals surface area contributed by atoms with E-state index in [2.05, 4.69) is 11.5 Å². The zero-order valence-electron chi connectivity index (χ0n) is 6.73. The molecular weight excluding hydrogens is 168 g/mol. The molecule has 0 heterocycles. The van der Waals surface area contributed by atoms with Crippen LogP contribution in [0.3, 0.4) is 0 Å². The van der Waals surface area contributed by atoms with E-state index in [9.17, 15) is 0 Å².